The first-order valence-corrected chi connectivity index (χ1v) is 7.50. The molecule has 2 nitrogen and oxygen atoms in total. The summed E-state index contributed by atoms with van der Waals surface area (Å²) in [6.07, 6.45) is 1.08. The molecule has 3 heteroatoms. The fourth-order valence-electron chi connectivity index (χ4n) is 3.07. The molecule has 3 atom stereocenters. The Morgan fingerprint density at radius 2 is 1.78 bits per heavy atom. The normalized spacial score (nSPS) is 28.6. The number of benzene rings is 1. The first-order valence-electron chi connectivity index (χ1n) is 6.70. The molecule has 0 radical (unpaired) electrons. The second kappa shape index (κ2) is 5.22. The monoisotopic (exact) mass is 310 g/mol. The molecule has 3 unspecified atom stereocenters. The highest BCUT2D eigenvalue weighted by atomic mass is 79.9. The van der Waals surface area contributed by atoms with Crippen molar-refractivity contribution in [1.29, 1.82) is 0 Å². The lowest BCUT2D eigenvalue weighted by Gasteiger charge is -2.44. The summed E-state index contributed by atoms with van der Waals surface area (Å²) in [5.74, 6) is 0.543. The SMILES string of the molecule is Cc1cc(Br)cc(C)c1N1CCC(N)C(C)C1C. The minimum absolute atomic E-state index is 0.340. The molecule has 100 valence electrons. The fraction of sp³-hybridized carbons (Fsp3) is 0.600. The van der Waals surface area contributed by atoms with Crippen LogP contribution in [0.25, 0.3) is 0 Å². The molecule has 0 bridgehead atoms. The van der Waals surface area contributed by atoms with Crippen molar-refractivity contribution in [1.82, 2.24) is 0 Å². The largest absolute Gasteiger partial charge is 0.368 e. The molecule has 1 heterocycles. The Morgan fingerprint density at radius 3 is 2.33 bits per heavy atom. The first kappa shape index (κ1) is 13.9. The van der Waals surface area contributed by atoms with E-state index < -0.39 is 0 Å². The third-order valence-electron chi connectivity index (χ3n) is 4.37. The van der Waals surface area contributed by atoms with E-state index in [2.05, 4.69) is 60.7 Å². The summed E-state index contributed by atoms with van der Waals surface area (Å²) in [7, 11) is 0. The lowest BCUT2D eigenvalue weighted by atomic mass is 9.86. The summed E-state index contributed by atoms with van der Waals surface area (Å²) in [5, 5.41) is 0. The van der Waals surface area contributed by atoms with Gasteiger partial charge in [-0.05, 0) is 56.4 Å². The average molecular weight is 311 g/mol. The van der Waals surface area contributed by atoms with E-state index in [0.29, 0.717) is 18.0 Å². The molecular weight excluding hydrogens is 288 g/mol. The highest BCUT2D eigenvalue weighted by molar-refractivity contribution is 9.10. The van der Waals surface area contributed by atoms with E-state index in [1.54, 1.807) is 0 Å². The zero-order valence-corrected chi connectivity index (χ0v) is 13.3. The Bertz CT molecular complexity index is 421. The number of hydrogen-bond acceptors (Lipinski definition) is 2. The van der Waals surface area contributed by atoms with Gasteiger partial charge in [-0.15, -0.1) is 0 Å². The molecule has 0 amide bonds. The number of halogens is 1. The summed E-state index contributed by atoms with van der Waals surface area (Å²) in [6.45, 7) is 10.0. The lowest BCUT2D eigenvalue weighted by molar-refractivity contribution is 0.315. The number of piperidine rings is 1. The number of aryl methyl sites for hydroxylation is 2. The van der Waals surface area contributed by atoms with E-state index in [4.69, 9.17) is 5.73 Å². The topological polar surface area (TPSA) is 29.3 Å². The number of anilines is 1. The van der Waals surface area contributed by atoms with Gasteiger partial charge < -0.3 is 10.6 Å². The van der Waals surface area contributed by atoms with Crippen LogP contribution in [0.1, 0.15) is 31.4 Å². The Kier molecular flexibility index (Phi) is 4.02. The molecule has 1 fully saturated rings. The van der Waals surface area contributed by atoms with Crippen molar-refractivity contribution < 1.29 is 0 Å². The first-order chi connectivity index (χ1) is 8.41. The number of rotatable bonds is 1. The number of nitrogens with zero attached hydrogens (tertiary/aromatic N) is 1. The molecule has 18 heavy (non-hydrogen) atoms. The Labute approximate surface area is 119 Å². The van der Waals surface area contributed by atoms with Crippen LogP contribution in [-0.2, 0) is 0 Å². The maximum Gasteiger partial charge on any atom is 0.0428 e. The van der Waals surface area contributed by atoms with E-state index in [1.807, 2.05) is 0 Å². The predicted molar refractivity (Wildman–Crippen MR) is 82.2 cm³/mol. The smallest absolute Gasteiger partial charge is 0.0428 e. The van der Waals surface area contributed by atoms with Crippen LogP contribution in [0.4, 0.5) is 5.69 Å². The molecule has 0 saturated carbocycles. The van der Waals surface area contributed by atoms with Crippen LogP contribution in [0.2, 0.25) is 0 Å². The van der Waals surface area contributed by atoms with Gasteiger partial charge in [0.05, 0.1) is 0 Å². The molecule has 2 rings (SSSR count). The van der Waals surface area contributed by atoms with Crippen molar-refractivity contribution in [2.75, 3.05) is 11.4 Å². The Morgan fingerprint density at radius 1 is 1.22 bits per heavy atom. The molecule has 0 aromatic heterocycles. The highest BCUT2D eigenvalue weighted by Crippen LogP contribution is 2.34. The summed E-state index contributed by atoms with van der Waals surface area (Å²) in [4.78, 5) is 2.53. The summed E-state index contributed by atoms with van der Waals surface area (Å²) >= 11 is 3.57. The second-order valence-corrected chi connectivity index (χ2v) is 6.55. The van der Waals surface area contributed by atoms with Crippen LogP contribution < -0.4 is 10.6 Å². The minimum Gasteiger partial charge on any atom is -0.368 e. The van der Waals surface area contributed by atoms with Crippen LogP contribution in [0.3, 0.4) is 0 Å². The zero-order chi connectivity index (χ0) is 13.4. The van der Waals surface area contributed by atoms with Gasteiger partial charge in [-0.1, -0.05) is 22.9 Å². The van der Waals surface area contributed by atoms with Crippen LogP contribution >= 0.6 is 15.9 Å². The second-order valence-electron chi connectivity index (χ2n) is 5.63. The van der Waals surface area contributed by atoms with Crippen molar-refractivity contribution in [3.05, 3.63) is 27.7 Å². The van der Waals surface area contributed by atoms with Crippen LogP contribution in [-0.4, -0.2) is 18.6 Å². The summed E-state index contributed by atoms with van der Waals surface area (Å²) in [6, 6.07) is 5.25. The molecule has 2 N–H and O–H groups in total. The molecular formula is C15H23BrN2. The molecule has 1 saturated heterocycles. The van der Waals surface area contributed by atoms with E-state index >= 15 is 0 Å². The average Bonchev–Trinajstić information content (AvgIpc) is 2.28. The zero-order valence-electron chi connectivity index (χ0n) is 11.7. The number of nitrogens with two attached hydrogens (primary N) is 1. The summed E-state index contributed by atoms with van der Waals surface area (Å²) < 4.78 is 1.16. The van der Waals surface area contributed by atoms with Crippen LogP contribution in [0, 0.1) is 19.8 Å². The van der Waals surface area contributed by atoms with Gasteiger partial charge in [-0.3, -0.25) is 0 Å². The molecule has 0 aliphatic carbocycles. The van der Waals surface area contributed by atoms with Crippen molar-refractivity contribution >= 4 is 21.6 Å². The van der Waals surface area contributed by atoms with Gasteiger partial charge in [0.25, 0.3) is 0 Å². The third kappa shape index (κ3) is 2.43. The van der Waals surface area contributed by atoms with Crippen molar-refractivity contribution in [3.8, 4) is 0 Å². The van der Waals surface area contributed by atoms with Crippen molar-refractivity contribution in [2.24, 2.45) is 11.7 Å². The molecule has 1 aromatic carbocycles. The summed E-state index contributed by atoms with van der Waals surface area (Å²) in [5.41, 5.74) is 10.3. The molecule has 1 aliphatic rings. The van der Waals surface area contributed by atoms with Gasteiger partial charge in [0.1, 0.15) is 0 Å². The van der Waals surface area contributed by atoms with Crippen molar-refractivity contribution in [2.45, 2.75) is 46.2 Å². The van der Waals surface area contributed by atoms with Crippen molar-refractivity contribution in [3.63, 3.8) is 0 Å². The maximum absolute atomic E-state index is 6.18. The van der Waals surface area contributed by atoms with Gasteiger partial charge in [-0.2, -0.15) is 0 Å². The van der Waals surface area contributed by atoms with Gasteiger partial charge in [0, 0.05) is 28.8 Å². The van der Waals surface area contributed by atoms with Gasteiger partial charge in [0.15, 0.2) is 0 Å². The van der Waals surface area contributed by atoms with Crippen LogP contribution in [0.15, 0.2) is 16.6 Å². The lowest BCUT2D eigenvalue weighted by Crippen LogP contribution is -2.52. The predicted octanol–water partition coefficient (Wildman–Crippen LogP) is 3.63. The van der Waals surface area contributed by atoms with E-state index in [-0.39, 0.29) is 0 Å². The molecule has 1 aliphatic heterocycles. The number of hydrogen-bond donors (Lipinski definition) is 1. The molecule has 1 aromatic rings. The van der Waals surface area contributed by atoms with Gasteiger partial charge >= 0.3 is 0 Å². The minimum atomic E-state index is 0.340. The Balaban J connectivity index is 2.37. The van der Waals surface area contributed by atoms with E-state index in [1.165, 1.54) is 16.8 Å². The van der Waals surface area contributed by atoms with E-state index in [0.717, 1.165) is 17.4 Å². The van der Waals surface area contributed by atoms with Crippen LogP contribution in [0.5, 0.6) is 0 Å². The standard InChI is InChI=1S/C15H23BrN2/c1-9-7-13(16)8-10(2)15(9)18-6-5-14(17)11(3)12(18)4/h7-8,11-12,14H,5-6,17H2,1-4H3. The van der Waals surface area contributed by atoms with E-state index in [9.17, 15) is 0 Å². The fourth-order valence-corrected chi connectivity index (χ4v) is 3.75. The van der Waals surface area contributed by atoms with Gasteiger partial charge in [-0.25, -0.2) is 0 Å². The Hall–Kier alpha value is -0.540. The molecule has 0 spiro atoms. The van der Waals surface area contributed by atoms with Gasteiger partial charge in [0.2, 0.25) is 0 Å². The highest BCUT2D eigenvalue weighted by Gasteiger charge is 2.31. The maximum atomic E-state index is 6.18. The quantitative estimate of drug-likeness (QED) is 0.858. The third-order valence-corrected chi connectivity index (χ3v) is 4.83.